The second-order valence-corrected chi connectivity index (χ2v) is 5.66. The molecule has 0 spiro atoms. The Morgan fingerprint density at radius 2 is 2.16 bits per heavy atom. The van der Waals surface area contributed by atoms with Crippen molar-refractivity contribution in [3.8, 4) is 0 Å². The van der Waals surface area contributed by atoms with Gasteiger partial charge in [0.05, 0.1) is 0 Å². The largest absolute Gasteiger partial charge is 0.370 e. The van der Waals surface area contributed by atoms with Gasteiger partial charge in [-0.25, -0.2) is 4.98 Å². The molecular weight excluding hydrogens is 238 g/mol. The molecule has 0 saturated heterocycles. The van der Waals surface area contributed by atoms with Gasteiger partial charge in [0, 0.05) is 24.8 Å². The van der Waals surface area contributed by atoms with Crippen LogP contribution in [0.1, 0.15) is 49.9 Å². The average molecular weight is 261 g/mol. The maximum Gasteiger partial charge on any atom is 0.251 e. The summed E-state index contributed by atoms with van der Waals surface area (Å²) in [6.45, 7) is 5.84. The minimum Gasteiger partial charge on any atom is -0.370 e. The van der Waals surface area contributed by atoms with Crippen LogP contribution in [-0.4, -0.2) is 24.0 Å². The van der Waals surface area contributed by atoms with Gasteiger partial charge in [-0.15, -0.1) is 0 Å². The van der Waals surface area contributed by atoms with E-state index in [2.05, 4.69) is 22.5 Å². The van der Waals surface area contributed by atoms with Crippen molar-refractivity contribution in [2.24, 2.45) is 5.41 Å². The zero-order chi connectivity index (χ0) is 13.7. The molecule has 0 bridgehead atoms. The lowest BCUT2D eigenvalue weighted by molar-refractivity contribution is 0.0934. The van der Waals surface area contributed by atoms with Crippen molar-refractivity contribution >= 4 is 11.7 Å². The second-order valence-electron chi connectivity index (χ2n) is 5.66. The molecule has 19 heavy (non-hydrogen) atoms. The van der Waals surface area contributed by atoms with Crippen LogP contribution < -0.4 is 10.6 Å². The summed E-state index contributed by atoms with van der Waals surface area (Å²) in [5, 5.41) is 6.17. The predicted molar refractivity (Wildman–Crippen MR) is 77.3 cm³/mol. The number of hydrogen-bond acceptors (Lipinski definition) is 3. The summed E-state index contributed by atoms with van der Waals surface area (Å²) in [6, 6.07) is 3.56. The first kappa shape index (κ1) is 13.8. The first-order chi connectivity index (χ1) is 9.13. The summed E-state index contributed by atoms with van der Waals surface area (Å²) in [7, 11) is 0. The molecule has 1 heterocycles. The van der Waals surface area contributed by atoms with Crippen LogP contribution in [0.4, 0.5) is 5.82 Å². The van der Waals surface area contributed by atoms with Crippen molar-refractivity contribution in [3.05, 3.63) is 23.9 Å². The third-order valence-corrected chi connectivity index (χ3v) is 3.87. The highest BCUT2D eigenvalue weighted by molar-refractivity contribution is 5.94. The fraction of sp³-hybridized carbons (Fsp3) is 0.600. The Balaban J connectivity index is 1.93. The standard InChI is InChI=1S/C15H23N3O/c1-3-16-13-10-12(6-9-17-13)14(19)18-11-15(2)7-4-5-8-15/h6,9-10H,3-5,7-8,11H2,1-2H3,(H,16,17)(H,18,19). The molecule has 1 aromatic heterocycles. The molecule has 1 fully saturated rings. The van der Waals surface area contributed by atoms with Crippen molar-refractivity contribution in [2.45, 2.75) is 39.5 Å². The fourth-order valence-electron chi connectivity index (χ4n) is 2.65. The molecule has 1 amide bonds. The van der Waals surface area contributed by atoms with Crippen molar-refractivity contribution in [3.63, 3.8) is 0 Å². The van der Waals surface area contributed by atoms with Gasteiger partial charge in [0.15, 0.2) is 0 Å². The maximum absolute atomic E-state index is 12.1. The van der Waals surface area contributed by atoms with Gasteiger partial charge in [-0.1, -0.05) is 19.8 Å². The Hall–Kier alpha value is -1.58. The lowest BCUT2D eigenvalue weighted by atomic mass is 9.89. The van der Waals surface area contributed by atoms with Crippen LogP contribution in [0.3, 0.4) is 0 Å². The number of carbonyl (C=O) groups is 1. The van der Waals surface area contributed by atoms with Crippen molar-refractivity contribution in [1.29, 1.82) is 0 Å². The molecule has 2 rings (SSSR count). The van der Waals surface area contributed by atoms with Gasteiger partial charge in [-0.2, -0.15) is 0 Å². The Bertz CT molecular complexity index is 439. The van der Waals surface area contributed by atoms with E-state index in [1.807, 2.05) is 6.92 Å². The van der Waals surface area contributed by atoms with E-state index < -0.39 is 0 Å². The van der Waals surface area contributed by atoms with Crippen molar-refractivity contribution < 1.29 is 4.79 Å². The van der Waals surface area contributed by atoms with Gasteiger partial charge in [0.1, 0.15) is 5.82 Å². The molecule has 2 N–H and O–H groups in total. The monoisotopic (exact) mass is 261 g/mol. The first-order valence-corrected chi connectivity index (χ1v) is 7.11. The summed E-state index contributed by atoms with van der Waals surface area (Å²) in [6.07, 6.45) is 6.67. The van der Waals surface area contributed by atoms with E-state index >= 15 is 0 Å². The van der Waals surface area contributed by atoms with Crippen LogP contribution in [-0.2, 0) is 0 Å². The van der Waals surface area contributed by atoms with Crippen LogP contribution in [0.25, 0.3) is 0 Å². The van der Waals surface area contributed by atoms with Gasteiger partial charge in [0.2, 0.25) is 0 Å². The first-order valence-electron chi connectivity index (χ1n) is 7.11. The second kappa shape index (κ2) is 6.04. The third-order valence-electron chi connectivity index (χ3n) is 3.87. The summed E-state index contributed by atoms with van der Waals surface area (Å²) >= 11 is 0. The molecule has 1 saturated carbocycles. The van der Waals surface area contributed by atoms with E-state index in [9.17, 15) is 4.79 Å². The van der Waals surface area contributed by atoms with E-state index in [1.54, 1.807) is 18.3 Å². The van der Waals surface area contributed by atoms with Gasteiger partial charge >= 0.3 is 0 Å². The Labute approximate surface area is 115 Å². The van der Waals surface area contributed by atoms with Crippen molar-refractivity contribution in [1.82, 2.24) is 10.3 Å². The van der Waals surface area contributed by atoms with Crippen LogP contribution in [0, 0.1) is 5.41 Å². The normalized spacial score (nSPS) is 17.2. The summed E-state index contributed by atoms with van der Waals surface area (Å²) < 4.78 is 0. The van der Waals surface area contributed by atoms with Crippen LogP contribution in [0.5, 0.6) is 0 Å². The van der Waals surface area contributed by atoms with E-state index in [0.717, 1.165) is 18.9 Å². The Morgan fingerprint density at radius 3 is 2.84 bits per heavy atom. The number of aromatic nitrogens is 1. The molecule has 104 valence electrons. The van der Waals surface area contributed by atoms with E-state index in [-0.39, 0.29) is 11.3 Å². The number of carbonyl (C=O) groups excluding carboxylic acids is 1. The predicted octanol–water partition coefficient (Wildman–Crippen LogP) is 2.82. The molecule has 4 heteroatoms. The van der Waals surface area contributed by atoms with E-state index in [0.29, 0.717) is 5.56 Å². The highest BCUT2D eigenvalue weighted by Crippen LogP contribution is 2.36. The molecule has 0 unspecified atom stereocenters. The van der Waals surface area contributed by atoms with E-state index in [1.165, 1.54) is 25.7 Å². The molecule has 1 aliphatic carbocycles. The number of rotatable bonds is 5. The molecule has 0 aliphatic heterocycles. The minimum atomic E-state index is -0.00493. The topological polar surface area (TPSA) is 54.0 Å². The molecule has 0 atom stereocenters. The fourth-order valence-corrected chi connectivity index (χ4v) is 2.65. The van der Waals surface area contributed by atoms with Crippen LogP contribution in [0.2, 0.25) is 0 Å². The number of nitrogens with one attached hydrogen (secondary N) is 2. The molecule has 1 aliphatic rings. The van der Waals surface area contributed by atoms with Crippen LogP contribution >= 0.6 is 0 Å². The minimum absolute atomic E-state index is 0.00493. The zero-order valence-electron chi connectivity index (χ0n) is 11.8. The average Bonchev–Trinajstić information content (AvgIpc) is 2.84. The van der Waals surface area contributed by atoms with E-state index in [4.69, 9.17) is 0 Å². The summed E-state index contributed by atoms with van der Waals surface area (Å²) in [5.41, 5.74) is 0.959. The van der Waals surface area contributed by atoms with Gasteiger partial charge < -0.3 is 10.6 Å². The lowest BCUT2D eigenvalue weighted by Crippen LogP contribution is -2.34. The van der Waals surface area contributed by atoms with Gasteiger partial charge in [0.25, 0.3) is 5.91 Å². The molecule has 0 aromatic carbocycles. The number of pyridine rings is 1. The SMILES string of the molecule is CCNc1cc(C(=O)NCC2(C)CCCC2)ccn1. The molecule has 0 radical (unpaired) electrons. The van der Waals surface area contributed by atoms with Gasteiger partial charge in [-0.05, 0) is 37.3 Å². The number of hydrogen-bond donors (Lipinski definition) is 2. The van der Waals surface area contributed by atoms with Gasteiger partial charge in [-0.3, -0.25) is 4.79 Å². The lowest BCUT2D eigenvalue weighted by Gasteiger charge is -2.23. The van der Waals surface area contributed by atoms with Crippen molar-refractivity contribution in [2.75, 3.05) is 18.4 Å². The maximum atomic E-state index is 12.1. The number of amides is 1. The molecule has 4 nitrogen and oxygen atoms in total. The Kier molecular flexibility index (Phi) is 4.40. The van der Waals surface area contributed by atoms with Crippen LogP contribution in [0.15, 0.2) is 18.3 Å². The molecule has 1 aromatic rings. The highest BCUT2D eigenvalue weighted by atomic mass is 16.1. The third kappa shape index (κ3) is 3.69. The quantitative estimate of drug-likeness (QED) is 0.857. The summed E-state index contributed by atoms with van der Waals surface area (Å²) in [5.74, 6) is 0.747. The highest BCUT2D eigenvalue weighted by Gasteiger charge is 2.28. The smallest absolute Gasteiger partial charge is 0.251 e. The Morgan fingerprint density at radius 1 is 1.42 bits per heavy atom. The zero-order valence-corrected chi connectivity index (χ0v) is 11.8. The number of anilines is 1. The molecular formula is C15H23N3O. The number of nitrogens with zero attached hydrogens (tertiary/aromatic N) is 1. The summed E-state index contributed by atoms with van der Waals surface area (Å²) in [4.78, 5) is 16.3.